The van der Waals surface area contributed by atoms with Crippen LogP contribution in [0, 0.1) is 20.2 Å². The molecule has 1 aromatic carbocycles. The zero-order valence-corrected chi connectivity index (χ0v) is 12.0. The van der Waals surface area contributed by atoms with E-state index in [4.69, 9.17) is 12.2 Å². The Kier molecular flexibility index (Phi) is 4.27. The minimum Gasteiger partial charge on any atom is -0.501 e. The summed E-state index contributed by atoms with van der Waals surface area (Å²) in [4.78, 5) is 31.0. The summed E-state index contributed by atoms with van der Waals surface area (Å²) in [5.74, 6) is -1.43. The molecule has 114 valence electrons. The standard InChI is InChI=1S/C9H5N5O6S2/c15-6-4(11-12-8-7(16)10-9(21)22-8)1-3(13(17)18)2-5(6)14(19)20/h1-2,8,15H,(H,10,16,21). The fourth-order valence-electron chi connectivity index (χ4n) is 1.45. The van der Waals surface area contributed by atoms with Crippen LogP contribution >= 0.6 is 24.0 Å². The number of benzene rings is 1. The zero-order valence-electron chi connectivity index (χ0n) is 10.3. The molecule has 0 radical (unpaired) electrons. The normalized spacial score (nSPS) is 17.7. The third-order valence-electron chi connectivity index (χ3n) is 2.40. The van der Waals surface area contributed by atoms with Crippen LogP contribution in [-0.4, -0.2) is 30.6 Å². The number of aromatic hydroxyl groups is 1. The van der Waals surface area contributed by atoms with Gasteiger partial charge in [-0.1, -0.05) is 24.0 Å². The van der Waals surface area contributed by atoms with Crippen molar-refractivity contribution in [3.05, 3.63) is 32.4 Å². The third-order valence-corrected chi connectivity index (χ3v) is 3.64. The minimum atomic E-state index is -1.02. The Labute approximate surface area is 130 Å². The Morgan fingerprint density at radius 1 is 1.32 bits per heavy atom. The van der Waals surface area contributed by atoms with Crippen molar-refractivity contribution < 1.29 is 19.7 Å². The number of hydrogen-bond donors (Lipinski definition) is 2. The van der Waals surface area contributed by atoms with Crippen LogP contribution in [0.1, 0.15) is 0 Å². The van der Waals surface area contributed by atoms with Gasteiger partial charge in [0.15, 0.2) is 0 Å². The Bertz CT molecular complexity index is 735. The van der Waals surface area contributed by atoms with E-state index >= 15 is 0 Å². The van der Waals surface area contributed by atoms with Crippen molar-refractivity contribution in [1.29, 1.82) is 0 Å². The van der Waals surface area contributed by atoms with Gasteiger partial charge in [-0.25, -0.2) is 0 Å². The van der Waals surface area contributed by atoms with E-state index in [2.05, 4.69) is 15.5 Å². The highest BCUT2D eigenvalue weighted by molar-refractivity contribution is 8.24. The van der Waals surface area contributed by atoms with Gasteiger partial charge >= 0.3 is 5.69 Å². The number of nitrogens with zero attached hydrogens (tertiary/aromatic N) is 4. The van der Waals surface area contributed by atoms with E-state index in [0.717, 1.165) is 17.8 Å². The van der Waals surface area contributed by atoms with Crippen molar-refractivity contribution in [2.45, 2.75) is 5.37 Å². The number of nitrogens with one attached hydrogen (secondary N) is 1. The third kappa shape index (κ3) is 3.15. The van der Waals surface area contributed by atoms with Gasteiger partial charge < -0.3 is 10.4 Å². The van der Waals surface area contributed by atoms with Gasteiger partial charge in [-0.3, -0.25) is 25.0 Å². The zero-order chi connectivity index (χ0) is 16.4. The molecule has 2 N–H and O–H groups in total. The van der Waals surface area contributed by atoms with E-state index in [0.29, 0.717) is 6.07 Å². The second-order valence-corrected chi connectivity index (χ2v) is 5.57. The summed E-state index contributed by atoms with van der Waals surface area (Å²) in [6, 6.07) is 1.40. The highest BCUT2D eigenvalue weighted by Crippen LogP contribution is 2.40. The van der Waals surface area contributed by atoms with Crippen LogP contribution < -0.4 is 5.32 Å². The van der Waals surface area contributed by atoms with Crippen molar-refractivity contribution in [1.82, 2.24) is 5.32 Å². The molecule has 0 spiro atoms. The van der Waals surface area contributed by atoms with Crippen LogP contribution in [0.4, 0.5) is 17.1 Å². The smallest absolute Gasteiger partial charge is 0.319 e. The van der Waals surface area contributed by atoms with E-state index in [9.17, 15) is 30.1 Å². The second-order valence-electron chi connectivity index (χ2n) is 3.81. The lowest BCUT2D eigenvalue weighted by Gasteiger charge is -2.01. The molecule has 1 atom stereocenters. The van der Waals surface area contributed by atoms with Crippen molar-refractivity contribution >= 4 is 51.3 Å². The van der Waals surface area contributed by atoms with Gasteiger partial charge in [0, 0.05) is 6.07 Å². The SMILES string of the molecule is O=C1NC(=S)SC1N=Nc1cc([N+](=O)[O-])cc([N+](=O)[O-])c1O. The molecular formula is C9H5N5O6S2. The van der Waals surface area contributed by atoms with Crippen LogP contribution in [-0.2, 0) is 4.79 Å². The average Bonchev–Trinajstić information content (AvgIpc) is 2.75. The Morgan fingerprint density at radius 3 is 2.50 bits per heavy atom. The van der Waals surface area contributed by atoms with Gasteiger partial charge in [0.05, 0.1) is 15.9 Å². The van der Waals surface area contributed by atoms with Crippen molar-refractivity contribution in [2.24, 2.45) is 10.2 Å². The number of amides is 1. The number of nitro benzene ring substituents is 2. The van der Waals surface area contributed by atoms with Gasteiger partial charge in [0.25, 0.3) is 11.6 Å². The van der Waals surface area contributed by atoms with Gasteiger partial charge in [0.2, 0.25) is 11.1 Å². The minimum absolute atomic E-state index is 0.184. The summed E-state index contributed by atoms with van der Waals surface area (Å²) in [5.41, 5.74) is -2.02. The number of phenolic OH excluding ortho intramolecular Hbond substituents is 1. The van der Waals surface area contributed by atoms with E-state index in [1.54, 1.807) is 0 Å². The molecule has 1 heterocycles. The summed E-state index contributed by atoms with van der Waals surface area (Å²) in [7, 11) is 0. The summed E-state index contributed by atoms with van der Waals surface area (Å²) >= 11 is 5.62. The molecule has 1 aromatic rings. The van der Waals surface area contributed by atoms with Crippen LogP contribution in [0.15, 0.2) is 22.4 Å². The fraction of sp³-hybridized carbons (Fsp3) is 0.111. The maximum absolute atomic E-state index is 11.4. The van der Waals surface area contributed by atoms with Gasteiger partial charge in [0.1, 0.15) is 10.0 Å². The van der Waals surface area contributed by atoms with Gasteiger partial charge in [-0.15, -0.1) is 5.11 Å². The first-order chi connectivity index (χ1) is 10.3. The summed E-state index contributed by atoms with van der Waals surface area (Å²) in [6.45, 7) is 0. The second kappa shape index (κ2) is 5.98. The number of azo groups is 1. The lowest BCUT2D eigenvalue weighted by molar-refractivity contribution is -0.394. The van der Waals surface area contributed by atoms with Crippen molar-refractivity contribution in [3.8, 4) is 5.75 Å². The molecule has 13 heteroatoms. The molecule has 1 unspecified atom stereocenters. The van der Waals surface area contributed by atoms with Crippen molar-refractivity contribution in [3.63, 3.8) is 0 Å². The Balaban J connectivity index is 2.41. The number of phenols is 1. The first-order valence-corrected chi connectivity index (χ1v) is 6.66. The fourth-order valence-corrected chi connectivity index (χ4v) is 2.44. The van der Waals surface area contributed by atoms with Gasteiger partial charge in [-0.2, -0.15) is 5.11 Å². The van der Waals surface area contributed by atoms with Crippen LogP contribution in [0.2, 0.25) is 0 Å². The molecule has 1 amide bonds. The number of thioether (sulfide) groups is 1. The molecule has 0 aromatic heterocycles. The number of carbonyl (C=O) groups is 1. The summed E-state index contributed by atoms with van der Waals surface area (Å²) in [5, 5.41) is 39.5. The molecule has 1 aliphatic rings. The molecule has 1 fully saturated rings. The van der Waals surface area contributed by atoms with Crippen LogP contribution in [0.5, 0.6) is 5.75 Å². The predicted molar refractivity (Wildman–Crippen MR) is 78.1 cm³/mol. The number of nitro groups is 2. The highest BCUT2D eigenvalue weighted by atomic mass is 32.2. The predicted octanol–water partition coefficient (Wildman–Crippen LogP) is 1.77. The first-order valence-electron chi connectivity index (χ1n) is 5.37. The molecule has 2 rings (SSSR count). The number of carbonyl (C=O) groups excluding carboxylic acids is 1. The molecular weight excluding hydrogens is 338 g/mol. The molecule has 1 saturated heterocycles. The molecule has 0 bridgehead atoms. The maximum Gasteiger partial charge on any atom is 0.319 e. The largest absolute Gasteiger partial charge is 0.501 e. The molecule has 0 saturated carbocycles. The lowest BCUT2D eigenvalue weighted by Crippen LogP contribution is -2.22. The molecule has 1 aliphatic heterocycles. The van der Waals surface area contributed by atoms with E-state index in [-0.39, 0.29) is 4.32 Å². The number of non-ortho nitro benzene ring substituents is 1. The number of thiocarbonyl (C=S) groups is 1. The molecule has 0 aliphatic carbocycles. The Hall–Kier alpha value is -2.67. The molecule has 11 nitrogen and oxygen atoms in total. The average molecular weight is 343 g/mol. The van der Waals surface area contributed by atoms with E-state index in [1.807, 2.05) is 0 Å². The van der Waals surface area contributed by atoms with E-state index in [1.165, 1.54) is 0 Å². The topological polar surface area (TPSA) is 160 Å². The number of rotatable bonds is 4. The number of hydrogen-bond acceptors (Lipinski definition) is 10. The summed E-state index contributed by atoms with van der Waals surface area (Å²) in [6.07, 6.45) is 0. The summed E-state index contributed by atoms with van der Waals surface area (Å²) < 4.78 is 0.184. The van der Waals surface area contributed by atoms with Crippen LogP contribution in [0.3, 0.4) is 0 Å². The molecule has 22 heavy (non-hydrogen) atoms. The monoisotopic (exact) mass is 343 g/mol. The lowest BCUT2D eigenvalue weighted by atomic mass is 10.2. The van der Waals surface area contributed by atoms with Gasteiger partial charge in [-0.05, 0) is 0 Å². The quantitative estimate of drug-likeness (QED) is 0.362. The first kappa shape index (κ1) is 15.7. The van der Waals surface area contributed by atoms with Crippen molar-refractivity contribution in [2.75, 3.05) is 0 Å². The maximum atomic E-state index is 11.4. The Morgan fingerprint density at radius 2 is 2.00 bits per heavy atom. The van der Waals surface area contributed by atoms with E-state index < -0.39 is 43.9 Å². The van der Waals surface area contributed by atoms with Crippen LogP contribution in [0.25, 0.3) is 0 Å². The highest BCUT2D eigenvalue weighted by Gasteiger charge is 2.30.